The maximum absolute atomic E-state index is 10.8. The molecule has 2 heterocycles. The lowest BCUT2D eigenvalue weighted by Gasteiger charge is -1.86. The Morgan fingerprint density at radius 1 is 1.46 bits per heavy atom. The molecule has 0 aliphatic carbocycles. The average Bonchev–Trinajstić information content (AvgIpc) is 2.75. The molecule has 0 saturated carbocycles. The van der Waals surface area contributed by atoms with E-state index in [0.29, 0.717) is 5.69 Å². The van der Waals surface area contributed by atoms with Crippen LogP contribution >= 0.6 is 35.3 Å². The number of rotatable bonds is 2. The van der Waals surface area contributed by atoms with Crippen molar-refractivity contribution in [3.05, 3.63) is 28.6 Å². The number of hydrogen-bond acceptors (Lipinski definition) is 4. The Bertz CT molecular complexity index is 418. The number of thiophene rings is 1. The smallest absolute Gasteiger partial charge is 0.235 e. The highest BCUT2D eigenvalue weighted by Crippen LogP contribution is 2.27. The first-order valence-electron chi connectivity index (χ1n) is 3.50. The first-order chi connectivity index (χ1) is 6.27. The first kappa shape index (κ1) is 8.93. The number of carbonyl (C=O) groups is 1. The third-order valence-electron chi connectivity index (χ3n) is 1.46. The fourth-order valence-corrected chi connectivity index (χ4v) is 2.70. The third kappa shape index (κ3) is 1.82. The SMILES string of the molecule is O=C(S)c1csc(-c2cccs2)n1. The molecule has 0 fully saturated rings. The van der Waals surface area contributed by atoms with Crippen LogP contribution in [0.2, 0.25) is 0 Å². The fraction of sp³-hybridized carbons (Fsp3) is 0. The van der Waals surface area contributed by atoms with Gasteiger partial charge in [0, 0.05) is 5.38 Å². The summed E-state index contributed by atoms with van der Waals surface area (Å²) in [5, 5.41) is 4.31. The highest BCUT2D eigenvalue weighted by atomic mass is 32.1. The van der Waals surface area contributed by atoms with Crippen molar-refractivity contribution in [3.8, 4) is 9.88 Å². The maximum Gasteiger partial charge on any atom is 0.235 e. The van der Waals surface area contributed by atoms with Crippen LogP contribution in [0.3, 0.4) is 0 Å². The molecule has 13 heavy (non-hydrogen) atoms. The number of thiol groups is 1. The normalized spacial score (nSPS) is 10.2. The van der Waals surface area contributed by atoms with Crippen LogP contribution in [0.1, 0.15) is 10.5 Å². The number of thiazole rings is 1. The standard InChI is InChI=1S/C8H5NOS3/c10-8(11)5-4-13-7(9-5)6-2-1-3-12-6/h1-4H,(H,10,11). The molecule has 0 saturated heterocycles. The molecule has 2 aromatic rings. The van der Waals surface area contributed by atoms with Gasteiger partial charge in [0.05, 0.1) is 4.88 Å². The van der Waals surface area contributed by atoms with Crippen molar-refractivity contribution >= 4 is 40.4 Å². The molecule has 0 aliphatic heterocycles. The molecule has 0 amide bonds. The zero-order chi connectivity index (χ0) is 9.26. The average molecular weight is 227 g/mol. The third-order valence-corrected chi connectivity index (χ3v) is 3.57. The lowest BCUT2D eigenvalue weighted by atomic mass is 10.5. The summed E-state index contributed by atoms with van der Waals surface area (Å²) in [5.74, 6) is 0. The van der Waals surface area contributed by atoms with Gasteiger partial charge in [0.15, 0.2) is 0 Å². The predicted octanol–water partition coefficient (Wildman–Crippen LogP) is 2.94. The van der Waals surface area contributed by atoms with Crippen molar-refractivity contribution < 1.29 is 4.79 Å². The van der Waals surface area contributed by atoms with E-state index in [0.717, 1.165) is 9.88 Å². The first-order valence-corrected chi connectivity index (χ1v) is 5.71. The zero-order valence-corrected chi connectivity index (χ0v) is 8.96. The Hall–Kier alpha value is -0.650. The van der Waals surface area contributed by atoms with Gasteiger partial charge in [-0.15, -0.1) is 22.7 Å². The molecule has 66 valence electrons. The molecule has 0 atom stereocenters. The second kappa shape index (κ2) is 3.61. The Morgan fingerprint density at radius 3 is 2.85 bits per heavy atom. The summed E-state index contributed by atoms with van der Waals surface area (Å²) in [5.41, 5.74) is 0.428. The molecule has 0 N–H and O–H groups in total. The lowest BCUT2D eigenvalue weighted by Crippen LogP contribution is -1.87. The second-order valence-electron chi connectivity index (χ2n) is 2.32. The minimum atomic E-state index is -0.279. The van der Waals surface area contributed by atoms with Gasteiger partial charge >= 0.3 is 0 Å². The minimum absolute atomic E-state index is 0.279. The zero-order valence-electron chi connectivity index (χ0n) is 6.43. The second-order valence-corrected chi connectivity index (χ2v) is 4.53. The van der Waals surface area contributed by atoms with Crippen molar-refractivity contribution in [2.24, 2.45) is 0 Å². The molecule has 0 aromatic carbocycles. The van der Waals surface area contributed by atoms with E-state index in [1.54, 1.807) is 16.7 Å². The largest absolute Gasteiger partial charge is 0.280 e. The molecule has 0 bridgehead atoms. The van der Waals surface area contributed by atoms with Crippen LogP contribution in [0.15, 0.2) is 22.9 Å². The minimum Gasteiger partial charge on any atom is -0.280 e. The summed E-state index contributed by atoms with van der Waals surface area (Å²) in [6.45, 7) is 0. The molecular formula is C8H5NOS3. The van der Waals surface area contributed by atoms with Gasteiger partial charge in [0.25, 0.3) is 0 Å². The summed E-state index contributed by atoms with van der Waals surface area (Å²) >= 11 is 6.78. The maximum atomic E-state index is 10.8. The quantitative estimate of drug-likeness (QED) is 0.799. The van der Waals surface area contributed by atoms with Gasteiger partial charge in [-0.05, 0) is 11.4 Å². The van der Waals surface area contributed by atoms with Gasteiger partial charge in [0.1, 0.15) is 10.7 Å². The highest BCUT2D eigenvalue weighted by Gasteiger charge is 2.08. The summed E-state index contributed by atoms with van der Waals surface area (Å²) in [7, 11) is 0. The van der Waals surface area contributed by atoms with Gasteiger partial charge in [-0.1, -0.05) is 18.7 Å². The van der Waals surface area contributed by atoms with Crippen molar-refractivity contribution in [3.63, 3.8) is 0 Å². The molecule has 0 spiro atoms. The summed E-state index contributed by atoms with van der Waals surface area (Å²) in [4.78, 5) is 16.1. The summed E-state index contributed by atoms with van der Waals surface area (Å²) in [6, 6.07) is 3.94. The van der Waals surface area contributed by atoms with Crippen molar-refractivity contribution in [1.82, 2.24) is 4.98 Å². The monoisotopic (exact) mass is 227 g/mol. The molecule has 2 aromatic heterocycles. The van der Waals surface area contributed by atoms with E-state index in [2.05, 4.69) is 17.6 Å². The number of hydrogen-bond donors (Lipinski definition) is 1. The van der Waals surface area contributed by atoms with Crippen LogP contribution in [0.5, 0.6) is 0 Å². The van der Waals surface area contributed by atoms with Gasteiger partial charge in [0.2, 0.25) is 5.12 Å². The fourth-order valence-electron chi connectivity index (χ4n) is 0.885. The van der Waals surface area contributed by atoms with E-state index in [-0.39, 0.29) is 5.12 Å². The van der Waals surface area contributed by atoms with Crippen molar-refractivity contribution in [2.75, 3.05) is 0 Å². The van der Waals surface area contributed by atoms with E-state index in [9.17, 15) is 4.79 Å². The van der Waals surface area contributed by atoms with E-state index >= 15 is 0 Å². The van der Waals surface area contributed by atoms with Gasteiger partial charge in [-0.3, -0.25) is 4.79 Å². The Kier molecular flexibility index (Phi) is 2.48. The Balaban J connectivity index is 2.39. The molecule has 2 nitrogen and oxygen atoms in total. The number of carbonyl (C=O) groups excluding carboxylic acids is 1. The topological polar surface area (TPSA) is 30.0 Å². The van der Waals surface area contributed by atoms with Crippen LogP contribution in [-0.4, -0.2) is 10.1 Å². The van der Waals surface area contributed by atoms with Crippen LogP contribution < -0.4 is 0 Å². The van der Waals surface area contributed by atoms with Gasteiger partial charge in [-0.25, -0.2) is 4.98 Å². The van der Waals surface area contributed by atoms with Crippen molar-refractivity contribution in [2.45, 2.75) is 0 Å². The van der Waals surface area contributed by atoms with Crippen LogP contribution in [0.4, 0.5) is 0 Å². The lowest BCUT2D eigenvalue weighted by molar-refractivity contribution is 0.108. The Labute approximate surface area is 88.7 Å². The predicted molar refractivity (Wildman–Crippen MR) is 58.7 cm³/mol. The molecule has 0 aliphatic rings. The van der Waals surface area contributed by atoms with E-state index in [4.69, 9.17) is 0 Å². The Morgan fingerprint density at radius 2 is 2.31 bits per heavy atom. The van der Waals surface area contributed by atoms with Crippen molar-refractivity contribution in [1.29, 1.82) is 0 Å². The van der Waals surface area contributed by atoms with Crippen LogP contribution in [0.25, 0.3) is 9.88 Å². The molecular weight excluding hydrogens is 222 g/mol. The van der Waals surface area contributed by atoms with E-state index < -0.39 is 0 Å². The highest BCUT2D eigenvalue weighted by molar-refractivity contribution is 7.97. The number of nitrogens with zero attached hydrogens (tertiary/aromatic N) is 1. The molecule has 0 unspecified atom stereocenters. The molecule has 5 heteroatoms. The molecule has 0 radical (unpaired) electrons. The van der Waals surface area contributed by atoms with Crippen LogP contribution in [0, 0.1) is 0 Å². The summed E-state index contributed by atoms with van der Waals surface area (Å²) < 4.78 is 0. The summed E-state index contributed by atoms with van der Waals surface area (Å²) in [6.07, 6.45) is 0. The number of aromatic nitrogens is 1. The van der Waals surface area contributed by atoms with Gasteiger partial charge < -0.3 is 0 Å². The van der Waals surface area contributed by atoms with Gasteiger partial charge in [-0.2, -0.15) is 0 Å². The van der Waals surface area contributed by atoms with E-state index in [1.807, 2.05) is 17.5 Å². The van der Waals surface area contributed by atoms with E-state index in [1.165, 1.54) is 11.3 Å². The van der Waals surface area contributed by atoms with Crippen LogP contribution in [-0.2, 0) is 0 Å². The molecule has 2 rings (SSSR count).